The Morgan fingerprint density at radius 1 is 1.10 bits per heavy atom. The number of aromatic nitrogens is 3. The van der Waals surface area contributed by atoms with Crippen LogP contribution in [0.2, 0.25) is 0 Å². The number of nitrogens with one attached hydrogen (secondary N) is 2. The van der Waals surface area contributed by atoms with Gasteiger partial charge in [0.2, 0.25) is 0 Å². The van der Waals surface area contributed by atoms with Gasteiger partial charge in [0.05, 0.1) is 21.7 Å². The molecule has 2 N–H and O–H groups in total. The zero-order valence-electron chi connectivity index (χ0n) is 17.1. The van der Waals surface area contributed by atoms with Crippen LogP contribution in [0, 0.1) is 11.8 Å². The molecule has 2 fully saturated rings. The molecule has 2 aliphatic carbocycles. The summed E-state index contributed by atoms with van der Waals surface area (Å²) >= 11 is 0. The van der Waals surface area contributed by atoms with Gasteiger partial charge in [-0.05, 0) is 68.9 Å². The Hall–Kier alpha value is -2.61. The number of H-pyrrole nitrogens is 1. The lowest BCUT2D eigenvalue weighted by atomic mass is 10.0. The van der Waals surface area contributed by atoms with Crippen molar-refractivity contribution in [2.24, 2.45) is 11.8 Å². The number of hydrogen-bond donors (Lipinski definition) is 2. The average Bonchev–Trinajstić information content (AvgIpc) is 3.35. The van der Waals surface area contributed by atoms with Crippen LogP contribution in [0.25, 0.3) is 10.9 Å². The maximum atomic E-state index is 12.6. The highest BCUT2D eigenvalue weighted by molar-refractivity contribution is 7.92. The molecule has 0 spiro atoms. The van der Waals surface area contributed by atoms with E-state index in [-0.39, 0.29) is 5.56 Å². The first-order chi connectivity index (χ1) is 14.4. The highest BCUT2D eigenvalue weighted by Crippen LogP contribution is 2.59. The van der Waals surface area contributed by atoms with E-state index >= 15 is 0 Å². The van der Waals surface area contributed by atoms with Gasteiger partial charge < -0.3 is 10.3 Å². The Labute approximate surface area is 175 Å². The monoisotopic (exact) mass is 426 g/mol. The number of rotatable bonds is 5. The molecule has 1 aromatic carbocycles. The smallest absolute Gasteiger partial charge is 0.261 e. The maximum Gasteiger partial charge on any atom is 0.261 e. The van der Waals surface area contributed by atoms with Crippen molar-refractivity contribution in [1.82, 2.24) is 14.8 Å². The quantitative estimate of drug-likeness (QED) is 0.642. The number of sulfone groups is 1. The molecular formula is C22H26N4O3S. The third kappa shape index (κ3) is 3.05. The lowest BCUT2D eigenvalue weighted by Crippen LogP contribution is -2.13. The van der Waals surface area contributed by atoms with Crippen LogP contribution in [-0.2, 0) is 9.84 Å². The molecule has 0 saturated heterocycles. The van der Waals surface area contributed by atoms with Crippen molar-refractivity contribution in [2.75, 3.05) is 5.32 Å². The van der Waals surface area contributed by atoms with E-state index in [2.05, 4.69) is 10.3 Å². The summed E-state index contributed by atoms with van der Waals surface area (Å²) in [5.74, 6) is 1.83. The largest absolute Gasteiger partial charge is 0.338 e. The molecule has 8 heteroatoms. The molecule has 3 aromatic rings. The summed E-state index contributed by atoms with van der Waals surface area (Å²) in [5.41, 5.74) is 1.37. The molecule has 2 aliphatic rings. The molecule has 2 saturated carbocycles. The zero-order chi connectivity index (χ0) is 21.0. The Morgan fingerprint density at radius 3 is 2.40 bits per heavy atom. The molecule has 2 unspecified atom stereocenters. The Morgan fingerprint density at radius 2 is 1.77 bits per heavy atom. The summed E-state index contributed by atoms with van der Waals surface area (Å²) in [6.07, 6.45) is 6.68. The molecule has 5 rings (SSSR count). The number of fused-ring (bicyclic) bond motifs is 2. The van der Waals surface area contributed by atoms with Gasteiger partial charge >= 0.3 is 0 Å². The number of anilines is 2. The summed E-state index contributed by atoms with van der Waals surface area (Å²) in [6, 6.07) is 8.90. The SMILES string of the molecule is CC(C)S(=O)(=O)c1ccc(Nc2nn(C3C4CCCC[C@H]43)c3cc[nH]c(=O)c23)cc1. The normalized spacial score (nSPS) is 23.5. The predicted octanol–water partition coefficient (Wildman–Crippen LogP) is 4.01. The highest BCUT2D eigenvalue weighted by atomic mass is 32.2. The van der Waals surface area contributed by atoms with Crippen LogP contribution in [0.1, 0.15) is 45.6 Å². The molecular weight excluding hydrogens is 400 g/mol. The molecule has 158 valence electrons. The number of nitrogens with zero attached hydrogens (tertiary/aromatic N) is 2. The van der Waals surface area contributed by atoms with Crippen LogP contribution in [0.15, 0.2) is 46.2 Å². The molecule has 2 heterocycles. The van der Waals surface area contributed by atoms with Gasteiger partial charge in [0.25, 0.3) is 5.56 Å². The first-order valence-electron chi connectivity index (χ1n) is 10.6. The summed E-state index contributed by atoms with van der Waals surface area (Å²) in [7, 11) is -3.32. The second-order valence-electron chi connectivity index (χ2n) is 8.71. The van der Waals surface area contributed by atoms with Crippen LogP contribution < -0.4 is 10.9 Å². The molecule has 0 radical (unpaired) electrons. The van der Waals surface area contributed by atoms with Gasteiger partial charge in [0.15, 0.2) is 15.7 Å². The minimum Gasteiger partial charge on any atom is -0.338 e. The van der Waals surface area contributed by atoms with Gasteiger partial charge in [-0.3, -0.25) is 9.48 Å². The van der Waals surface area contributed by atoms with Gasteiger partial charge in [-0.25, -0.2) is 8.42 Å². The number of pyridine rings is 1. The van der Waals surface area contributed by atoms with Crippen molar-refractivity contribution in [3.63, 3.8) is 0 Å². The van der Waals surface area contributed by atoms with E-state index in [0.29, 0.717) is 39.7 Å². The first kappa shape index (κ1) is 19.4. The Kier molecular flexibility index (Phi) is 4.50. The van der Waals surface area contributed by atoms with Crippen LogP contribution in [0.4, 0.5) is 11.5 Å². The van der Waals surface area contributed by atoms with Crippen LogP contribution in [0.5, 0.6) is 0 Å². The second-order valence-corrected chi connectivity index (χ2v) is 11.2. The first-order valence-corrected chi connectivity index (χ1v) is 12.1. The third-order valence-electron chi connectivity index (χ3n) is 6.59. The van der Waals surface area contributed by atoms with Gasteiger partial charge in [0.1, 0.15) is 5.39 Å². The molecule has 0 bridgehead atoms. The predicted molar refractivity (Wildman–Crippen MR) is 117 cm³/mol. The number of aromatic amines is 1. The number of hydrogen-bond acceptors (Lipinski definition) is 5. The van der Waals surface area contributed by atoms with E-state index in [1.165, 1.54) is 25.7 Å². The number of benzene rings is 1. The van der Waals surface area contributed by atoms with Crippen molar-refractivity contribution in [3.05, 3.63) is 46.9 Å². The topological polar surface area (TPSA) is 96.8 Å². The summed E-state index contributed by atoms with van der Waals surface area (Å²) in [5, 5.41) is 8.10. The van der Waals surface area contributed by atoms with E-state index < -0.39 is 15.1 Å². The standard InChI is InChI=1S/C22H26N4O3S/c1-13(2)30(28,29)15-9-7-14(8-10-15)24-21-19-18(11-12-23-22(19)27)26(25-21)20-16-5-3-4-6-17(16)20/h7-13,16-17,20H,3-6H2,1-2H3,(H,23,27)(H,24,25)/t16-,17?,20?/m1/s1. The fourth-order valence-corrected chi connectivity index (χ4v) is 5.93. The zero-order valence-corrected chi connectivity index (χ0v) is 17.9. The van der Waals surface area contributed by atoms with Crippen LogP contribution in [-0.4, -0.2) is 28.4 Å². The van der Waals surface area contributed by atoms with Crippen LogP contribution in [0.3, 0.4) is 0 Å². The second kappa shape index (κ2) is 6.97. The van der Waals surface area contributed by atoms with E-state index in [4.69, 9.17) is 5.10 Å². The van der Waals surface area contributed by atoms with Gasteiger partial charge in [0, 0.05) is 11.9 Å². The van der Waals surface area contributed by atoms with Crippen molar-refractivity contribution < 1.29 is 8.42 Å². The fourth-order valence-electron chi connectivity index (χ4n) is 4.87. The van der Waals surface area contributed by atoms with E-state index in [0.717, 1.165) is 5.52 Å². The minimum absolute atomic E-state index is 0.177. The van der Waals surface area contributed by atoms with E-state index in [1.807, 2.05) is 10.7 Å². The molecule has 0 aliphatic heterocycles. The summed E-state index contributed by atoms with van der Waals surface area (Å²) < 4.78 is 26.7. The summed E-state index contributed by atoms with van der Waals surface area (Å²) in [4.78, 5) is 15.6. The molecule has 30 heavy (non-hydrogen) atoms. The van der Waals surface area contributed by atoms with E-state index in [1.54, 1.807) is 44.3 Å². The molecule has 0 amide bonds. The lowest BCUT2D eigenvalue weighted by molar-refractivity contribution is 0.480. The van der Waals surface area contributed by atoms with Gasteiger partial charge in [-0.15, -0.1) is 0 Å². The fraction of sp³-hybridized carbons (Fsp3) is 0.455. The van der Waals surface area contributed by atoms with E-state index in [9.17, 15) is 13.2 Å². The third-order valence-corrected chi connectivity index (χ3v) is 8.76. The minimum atomic E-state index is -3.32. The Bertz CT molecular complexity index is 1250. The molecule has 3 atom stereocenters. The average molecular weight is 427 g/mol. The Balaban J connectivity index is 1.50. The van der Waals surface area contributed by atoms with Gasteiger partial charge in [-0.1, -0.05) is 12.8 Å². The summed E-state index contributed by atoms with van der Waals surface area (Å²) in [6.45, 7) is 3.34. The maximum absolute atomic E-state index is 12.6. The van der Waals surface area contributed by atoms with Crippen molar-refractivity contribution >= 4 is 32.2 Å². The van der Waals surface area contributed by atoms with Crippen molar-refractivity contribution in [1.29, 1.82) is 0 Å². The van der Waals surface area contributed by atoms with Crippen molar-refractivity contribution in [3.8, 4) is 0 Å². The molecule has 2 aromatic heterocycles. The molecule has 7 nitrogen and oxygen atoms in total. The highest BCUT2D eigenvalue weighted by Gasteiger charge is 2.53. The van der Waals surface area contributed by atoms with Crippen LogP contribution >= 0.6 is 0 Å². The van der Waals surface area contributed by atoms with Gasteiger partial charge in [-0.2, -0.15) is 5.10 Å². The van der Waals surface area contributed by atoms with Crippen molar-refractivity contribution in [2.45, 2.75) is 55.7 Å². The lowest BCUT2D eigenvalue weighted by Gasteiger charge is -2.09.